The van der Waals surface area contributed by atoms with E-state index in [1.54, 1.807) is 0 Å². The van der Waals surface area contributed by atoms with E-state index in [1.807, 2.05) is 0 Å². The summed E-state index contributed by atoms with van der Waals surface area (Å²) in [5, 5.41) is 0. The molecule has 276 valence electrons. The van der Waals surface area contributed by atoms with Crippen molar-refractivity contribution in [3.05, 3.63) is 141 Å². The lowest BCUT2D eigenvalue weighted by Crippen LogP contribution is -2.08. The smallest absolute Gasteiger partial charge is 0.0305 e. The quantitative estimate of drug-likeness (QED) is 0.165. The van der Waals surface area contributed by atoms with E-state index in [2.05, 4.69) is 167 Å². The number of rotatable bonds is 9. The molecule has 0 radical (unpaired) electrons. The summed E-state index contributed by atoms with van der Waals surface area (Å²) in [6.45, 7) is 24.5. The van der Waals surface area contributed by atoms with Crippen LogP contribution in [0.2, 0.25) is 0 Å². The van der Waals surface area contributed by atoms with Gasteiger partial charge in [-0.25, -0.2) is 0 Å². The Hall–Kier alpha value is -3.12. The van der Waals surface area contributed by atoms with E-state index in [4.69, 9.17) is 0 Å². The van der Waals surface area contributed by atoms with Crippen LogP contribution in [0.4, 0.5) is 0 Å². The maximum atomic E-state index is 2.37. The van der Waals surface area contributed by atoms with Crippen LogP contribution < -0.4 is 0 Å². The molecule has 0 nitrogen and oxygen atoms in total. The first-order valence-corrected chi connectivity index (χ1v) is 20.5. The van der Waals surface area contributed by atoms with Crippen molar-refractivity contribution in [3.63, 3.8) is 0 Å². The molecule has 1 aliphatic rings. The molecule has 4 aromatic rings. The first kappa shape index (κ1) is 44.9. The van der Waals surface area contributed by atoms with Gasteiger partial charge in [-0.15, -0.1) is 0 Å². The van der Waals surface area contributed by atoms with Crippen LogP contribution >= 0.6 is 0 Å². The highest BCUT2D eigenvalue weighted by Crippen LogP contribution is 2.27. The van der Waals surface area contributed by atoms with Gasteiger partial charge in [0.05, 0.1) is 0 Å². The van der Waals surface area contributed by atoms with Gasteiger partial charge in [0.1, 0.15) is 0 Å². The van der Waals surface area contributed by atoms with Crippen molar-refractivity contribution < 1.29 is 0 Å². The van der Waals surface area contributed by atoms with Crippen LogP contribution in [-0.4, -0.2) is 0 Å². The van der Waals surface area contributed by atoms with E-state index in [9.17, 15) is 0 Å². The third-order valence-electron chi connectivity index (χ3n) is 10.2. The zero-order chi connectivity index (χ0) is 37.1. The fourth-order valence-corrected chi connectivity index (χ4v) is 6.21. The molecule has 0 spiro atoms. The highest BCUT2D eigenvalue weighted by atomic mass is 14.2. The molecule has 0 unspecified atom stereocenters. The second-order valence-corrected chi connectivity index (χ2v) is 14.1. The van der Waals surface area contributed by atoms with E-state index in [0.717, 1.165) is 69.6 Å². The second kappa shape index (κ2) is 27.6. The summed E-state index contributed by atoms with van der Waals surface area (Å²) in [5.41, 5.74) is 13.2. The molecule has 1 fully saturated rings. The van der Waals surface area contributed by atoms with Gasteiger partial charge in [0, 0.05) is 0 Å². The van der Waals surface area contributed by atoms with Gasteiger partial charge in [0.15, 0.2) is 0 Å². The Labute approximate surface area is 311 Å². The highest BCUT2D eigenvalue weighted by molar-refractivity contribution is 5.30. The van der Waals surface area contributed by atoms with Crippen LogP contribution in [0.3, 0.4) is 0 Å². The van der Waals surface area contributed by atoms with Gasteiger partial charge in [-0.1, -0.05) is 193 Å². The average molecular weight is 677 g/mol. The maximum Gasteiger partial charge on any atom is -0.0305 e. The first-order chi connectivity index (χ1) is 24.2. The molecule has 0 atom stereocenters. The fraction of sp³-hybridized carbons (Fsp3) is 0.520. The van der Waals surface area contributed by atoms with Crippen molar-refractivity contribution in [1.29, 1.82) is 0 Å². The minimum atomic E-state index is 1.02. The molecule has 50 heavy (non-hydrogen) atoms. The molecule has 0 aliphatic heterocycles. The Morgan fingerprint density at radius 1 is 0.320 bits per heavy atom. The van der Waals surface area contributed by atoms with Crippen LogP contribution in [0.25, 0.3) is 0 Å². The second-order valence-electron chi connectivity index (χ2n) is 14.1. The molecular formula is C50H76. The Bertz CT molecular complexity index is 1250. The van der Waals surface area contributed by atoms with E-state index in [-0.39, 0.29) is 0 Å². The minimum absolute atomic E-state index is 1.02. The number of aryl methyl sites for hydroxylation is 9. The third-order valence-corrected chi connectivity index (χ3v) is 10.2. The molecular weight excluding hydrogens is 601 g/mol. The molecule has 4 aromatic carbocycles. The van der Waals surface area contributed by atoms with Crippen molar-refractivity contribution in [2.24, 2.45) is 11.8 Å². The van der Waals surface area contributed by atoms with Gasteiger partial charge >= 0.3 is 0 Å². The Morgan fingerprint density at radius 3 is 0.860 bits per heavy atom. The molecule has 0 heteroatoms. The summed E-state index contributed by atoms with van der Waals surface area (Å²) < 4.78 is 0. The third kappa shape index (κ3) is 18.8. The van der Waals surface area contributed by atoms with Crippen LogP contribution in [-0.2, 0) is 57.8 Å². The van der Waals surface area contributed by atoms with Crippen molar-refractivity contribution in [1.82, 2.24) is 0 Å². The standard InChI is InChI=1S/C12H18.3C10H14.C8H16/c1-4-10-7-11(5-2)9-12(6-3)8-10;1-3-9-5-7-10(4-2)8-6-9;1-3-9-6-5-7-10(4-2)8-9;1-3-9-7-5-6-8-10(9)4-2;1-7-3-5-8(2)6-4-7/h7-9H,4-6H2,1-3H3;3*5-8H,3-4H2,1-2H3;7-8H,3-6H2,1-2H3. The zero-order valence-corrected chi connectivity index (χ0v) is 34.5. The largest absolute Gasteiger partial charge is 0.0625 e. The molecule has 0 bridgehead atoms. The summed E-state index contributed by atoms with van der Waals surface area (Å²) in [6.07, 6.45) is 16.2. The molecule has 5 rings (SSSR count). The summed E-state index contributed by atoms with van der Waals surface area (Å²) in [6, 6.07) is 33.2. The lowest BCUT2D eigenvalue weighted by atomic mass is 9.84. The predicted molar refractivity (Wildman–Crippen MR) is 227 cm³/mol. The van der Waals surface area contributed by atoms with Crippen LogP contribution in [0.1, 0.15) is 152 Å². The van der Waals surface area contributed by atoms with Crippen molar-refractivity contribution in [2.75, 3.05) is 0 Å². The molecule has 0 saturated heterocycles. The van der Waals surface area contributed by atoms with Crippen molar-refractivity contribution in [3.8, 4) is 0 Å². The molecule has 1 saturated carbocycles. The summed E-state index contributed by atoms with van der Waals surface area (Å²) >= 11 is 0. The normalized spacial score (nSPS) is 14.7. The van der Waals surface area contributed by atoms with E-state index >= 15 is 0 Å². The number of hydrogen-bond donors (Lipinski definition) is 0. The number of benzene rings is 4. The molecule has 0 heterocycles. The van der Waals surface area contributed by atoms with Crippen LogP contribution in [0, 0.1) is 11.8 Å². The molecule has 0 amide bonds. The lowest BCUT2D eigenvalue weighted by molar-refractivity contribution is 0.308. The molecule has 1 aliphatic carbocycles. The van der Waals surface area contributed by atoms with Gasteiger partial charge in [-0.3, -0.25) is 0 Å². The monoisotopic (exact) mass is 677 g/mol. The van der Waals surface area contributed by atoms with E-state index < -0.39 is 0 Å². The van der Waals surface area contributed by atoms with E-state index in [1.165, 1.54) is 75.8 Å². The Morgan fingerprint density at radius 2 is 0.600 bits per heavy atom. The van der Waals surface area contributed by atoms with Crippen LogP contribution in [0.5, 0.6) is 0 Å². The van der Waals surface area contributed by atoms with Gasteiger partial charge < -0.3 is 0 Å². The van der Waals surface area contributed by atoms with E-state index in [0.29, 0.717) is 0 Å². The number of hydrogen-bond acceptors (Lipinski definition) is 0. The maximum absolute atomic E-state index is 2.37. The van der Waals surface area contributed by atoms with Gasteiger partial charge in [0.2, 0.25) is 0 Å². The average Bonchev–Trinajstić information content (AvgIpc) is 3.19. The van der Waals surface area contributed by atoms with Gasteiger partial charge in [0.25, 0.3) is 0 Å². The van der Waals surface area contributed by atoms with Gasteiger partial charge in [-0.2, -0.15) is 0 Å². The fourth-order valence-electron chi connectivity index (χ4n) is 6.21. The summed E-state index contributed by atoms with van der Waals surface area (Å²) in [4.78, 5) is 0. The topological polar surface area (TPSA) is 0 Å². The van der Waals surface area contributed by atoms with Crippen LogP contribution in [0.15, 0.2) is 91.0 Å². The predicted octanol–water partition coefficient (Wildman–Crippen LogP) is 14.6. The highest BCUT2D eigenvalue weighted by Gasteiger charge is 2.13. The Balaban J connectivity index is 0.000000314. The van der Waals surface area contributed by atoms with Gasteiger partial charge in [-0.05, 0) is 120 Å². The first-order valence-electron chi connectivity index (χ1n) is 20.5. The van der Waals surface area contributed by atoms with Crippen molar-refractivity contribution in [2.45, 2.75) is 160 Å². The Kier molecular flexibility index (Phi) is 24.8. The molecule has 0 N–H and O–H groups in total. The minimum Gasteiger partial charge on any atom is -0.0625 e. The zero-order valence-electron chi connectivity index (χ0n) is 34.5. The lowest BCUT2D eigenvalue weighted by Gasteiger charge is -2.22. The summed E-state index contributed by atoms with van der Waals surface area (Å²) in [7, 11) is 0. The molecule has 0 aromatic heterocycles. The summed E-state index contributed by atoms with van der Waals surface area (Å²) in [5.74, 6) is 2.04. The van der Waals surface area contributed by atoms with Crippen molar-refractivity contribution >= 4 is 0 Å². The SMILES string of the molecule is CC1CCC(C)CC1.CCc1cc(CC)cc(CC)c1.CCc1ccc(CC)cc1.CCc1cccc(CC)c1.CCc1ccccc1CC.